The second kappa shape index (κ2) is 7.35. The fraction of sp³-hybridized carbons (Fsp3) is 0.333. The number of rotatable bonds is 7. The molecule has 1 aromatic carbocycles. The van der Waals surface area contributed by atoms with Gasteiger partial charge in [0.15, 0.2) is 0 Å². The molecule has 0 spiro atoms. The molecule has 0 aromatic heterocycles. The molecule has 0 aliphatic heterocycles. The molecule has 106 valence electrons. The first-order valence-electron chi connectivity index (χ1n) is 5.64. The zero-order chi connectivity index (χ0) is 15.1. The summed E-state index contributed by atoms with van der Waals surface area (Å²) in [4.78, 5) is 21.0. The van der Waals surface area contributed by atoms with Crippen LogP contribution in [-0.4, -0.2) is 28.9 Å². The average Bonchev–Trinajstić information content (AvgIpc) is 2.42. The SMILES string of the molecule is CSCC[C@H](Nc1ccc([N+](=O)[O-])cc1C#N)C(=O)[O-]. The van der Waals surface area contributed by atoms with E-state index >= 15 is 0 Å². The Labute approximate surface area is 119 Å². The van der Waals surface area contributed by atoms with E-state index in [2.05, 4.69) is 5.32 Å². The Kier molecular flexibility index (Phi) is 5.80. The van der Waals surface area contributed by atoms with Crippen LogP contribution in [0.4, 0.5) is 11.4 Å². The Morgan fingerprint density at radius 1 is 1.60 bits per heavy atom. The molecule has 7 nitrogen and oxygen atoms in total. The number of carboxylic acid groups (broad SMARTS) is 1. The zero-order valence-electron chi connectivity index (χ0n) is 10.7. The van der Waals surface area contributed by atoms with Crippen LogP contribution >= 0.6 is 11.8 Å². The van der Waals surface area contributed by atoms with Gasteiger partial charge in [0.05, 0.1) is 28.2 Å². The predicted octanol–water partition coefficient (Wildman–Crippen LogP) is 0.750. The maximum absolute atomic E-state index is 11.0. The van der Waals surface area contributed by atoms with Crippen LogP contribution in [0.1, 0.15) is 12.0 Å². The van der Waals surface area contributed by atoms with Gasteiger partial charge in [-0.3, -0.25) is 10.1 Å². The van der Waals surface area contributed by atoms with Crippen molar-refractivity contribution in [1.29, 1.82) is 5.26 Å². The highest BCUT2D eigenvalue weighted by Gasteiger charge is 2.15. The first kappa shape index (κ1) is 15.8. The van der Waals surface area contributed by atoms with Crippen molar-refractivity contribution in [1.82, 2.24) is 0 Å². The van der Waals surface area contributed by atoms with Crippen LogP contribution in [0.2, 0.25) is 0 Å². The molecule has 8 heteroatoms. The van der Waals surface area contributed by atoms with Gasteiger partial charge >= 0.3 is 0 Å². The number of benzene rings is 1. The molecule has 1 atom stereocenters. The number of carbonyl (C=O) groups excluding carboxylic acids is 1. The second-order valence-electron chi connectivity index (χ2n) is 3.90. The molecule has 0 fully saturated rings. The quantitative estimate of drug-likeness (QED) is 0.582. The van der Waals surface area contributed by atoms with E-state index < -0.39 is 16.9 Å². The van der Waals surface area contributed by atoms with E-state index in [4.69, 9.17) is 5.26 Å². The topological polar surface area (TPSA) is 119 Å². The van der Waals surface area contributed by atoms with Crippen molar-refractivity contribution in [3.63, 3.8) is 0 Å². The van der Waals surface area contributed by atoms with Gasteiger partial charge in [-0.2, -0.15) is 17.0 Å². The van der Waals surface area contributed by atoms with Crippen molar-refractivity contribution in [2.45, 2.75) is 12.5 Å². The Morgan fingerprint density at radius 3 is 2.80 bits per heavy atom. The molecule has 20 heavy (non-hydrogen) atoms. The van der Waals surface area contributed by atoms with E-state index in [9.17, 15) is 20.0 Å². The number of anilines is 1. The van der Waals surface area contributed by atoms with Crippen molar-refractivity contribution < 1.29 is 14.8 Å². The number of aliphatic carboxylic acids is 1. The van der Waals surface area contributed by atoms with Crippen molar-refractivity contribution in [3.8, 4) is 6.07 Å². The molecule has 0 unspecified atom stereocenters. The van der Waals surface area contributed by atoms with Crippen LogP contribution < -0.4 is 10.4 Å². The molecular formula is C12H12N3O4S-. The zero-order valence-corrected chi connectivity index (χ0v) is 11.5. The molecule has 1 rings (SSSR count). The third-order valence-corrected chi connectivity index (χ3v) is 3.20. The number of hydrogen-bond donors (Lipinski definition) is 1. The number of nitrogens with one attached hydrogen (secondary N) is 1. The lowest BCUT2D eigenvalue weighted by Gasteiger charge is -2.21. The van der Waals surface area contributed by atoms with Crippen LogP contribution in [0.25, 0.3) is 0 Å². The van der Waals surface area contributed by atoms with Gasteiger partial charge in [0.1, 0.15) is 6.07 Å². The molecule has 0 amide bonds. The number of carbonyl (C=O) groups is 1. The van der Waals surface area contributed by atoms with Gasteiger partial charge in [0.25, 0.3) is 5.69 Å². The van der Waals surface area contributed by atoms with Gasteiger partial charge in [0, 0.05) is 12.1 Å². The summed E-state index contributed by atoms with van der Waals surface area (Å²) in [6.45, 7) is 0. The van der Waals surface area contributed by atoms with Crippen LogP contribution in [0.3, 0.4) is 0 Å². The van der Waals surface area contributed by atoms with Crippen molar-refractivity contribution in [2.24, 2.45) is 0 Å². The summed E-state index contributed by atoms with van der Waals surface area (Å²) < 4.78 is 0. The highest BCUT2D eigenvalue weighted by atomic mass is 32.2. The number of nitro groups is 1. The van der Waals surface area contributed by atoms with E-state index in [0.29, 0.717) is 12.2 Å². The fourth-order valence-electron chi connectivity index (χ4n) is 1.54. The highest BCUT2D eigenvalue weighted by molar-refractivity contribution is 7.98. The van der Waals surface area contributed by atoms with Crippen LogP contribution in [0.5, 0.6) is 0 Å². The van der Waals surface area contributed by atoms with E-state index in [-0.39, 0.29) is 16.9 Å². The third-order valence-electron chi connectivity index (χ3n) is 2.56. The fourth-order valence-corrected chi connectivity index (χ4v) is 2.01. The smallest absolute Gasteiger partial charge is 0.270 e. The Morgan fingerprint density at radius 2 is 2.30 bits per heavy atom. The molecule has 0 aliphatic rings. The van der Waals surface area contributed by atoms with Gasteiger partial charge < -0.3 is 15.2 Å². The standard InChI is InChI=1S/C12H13N3O4S/c1-20-5-4-11(12(16)17)14-10-3-2-9(15(18)19)6-8(10)7-13/h2-3,6,11,14H,4-5H2,1H3,(H,16,17)/p-1/t11-/m0/s1. The lowest BCUT2D eigenvalue weighted by Crippen LogP contribution is -2.41. The number of non-ortho nitro benzene ring substituents is 1. The predicted molar refractivity (Wildman–Crippen MR) is 73.2 cm³/mol. The minimum atomic E-state index is -1.28. The van der Waals surface area contributed by atoms with E-state index in [1.54, 1.807) is 6.07 Å². The number of thioether (sulfide) groups is 1. The monoisotopic (exact) mass is 294 g/mol. The Hall–Kier alpha value is -2.27. The van der Waals surface area contributed by atoms with Gasteiger partial charge in [-0.15, -0.1) is 0 Å². The van der Waals surface area contributed by atoms with E-state index in [1.807, 2.05) is 6.26 Å². The van der Waals surface area contributed by atoms with Gasteiger partial charge in [0.2, 0.25) is 0 Å². The van der Waals surface area contributed by atoms with Gasteiger partial charge in [-0.1, -0.05) is 0 Å². The minimum Gasteiger partial charge on any atom is -0.548 e. The maximum atomic E-state index is 11.0. The molecule has 1 N–H and O–H groups in total. The average molecular weight is 294 g/mol. The van der Waals surface area contributed by atoms with E-state index in [1.165, 1.54) is 23.9 Å². The summed E-state index contributed by atoms with van der Waals surface area (Å²) in [5, 5.41) is 33.3. The van der Waals surface area contributed by atoms with Gasteiger partial charge in [-0.25, -0.2) is 0 Å². The summed E-state index contributed by atoms with van der Waals surface area (Å²) in [7, 11) is 0. The summed E-state index contributed by atoms with van der Waals surface area (Å²) in [5.74, 6) is -0.665. The van der Waals surface area contributed by atoms with Gasteiger partial charge in [-0.05, 0) is 24.5 Å². The van der Waals surface area contributed by atoms with Crippen LogP contribution in [0.15, 0.2) is 18.2 Å². The first-order chi connectivity index (χ1) is 9.49. The highest BCUT2D eigenvalue weighted by Crippen LogP contribution is 2.22. The Balaban J connectivity index is 2.98. The summed E-state index contributed by atoms with van der Waals surface area (Å²) in [5.41, 5.74) is 0.0456. The molecule has 1 aromatic rings. The molecule has 0 aliphatic carbocycles. The van der Waals surface area contributed by atoms with Crippen molar-refractivity contribution >= 4 is 29.1 Å². The number of nitro benzene ring substituents is 1. The number of carboxylic acids is 1. The molecule has 0 saturated carbocycles. The maximum Gasteiger partial charge on any atom is 0.270 e. The minimum absolute atomic E-state index is 0.0228. The molecule has 0 heterocycles. The number of nitrogens with zero attached hydrogens (tertiary/aromatic N) is 2. The number of nitriles is 1. The molecule has 0 bridgehead atoms. The third kappa shape index (κ3) is 4.13. The second-order valence-corrected chi connectivity index (χ2v) is 4.88. The van der Waals surface area contributed by atoms with Crippen molar-refractivity contribution in [2.75, 3.05) is 17.3 Å². The first-order valence-corrected chi connectivity index (χ1v) is 7.04. The summed E-state index contributed by atoms with van der Waals surface area (Å²) >= 11 is 1.49. The molecule has 0 radical (unpaired) electrons. The molecule has 0 saturated heterocycles. The normalized spacial score (nSPS) is 11.4. The lowest BCUT2D eigenvalue weighted by molar-refractivity contribution is -0.384. The number of hydrogen-bond acceptors (Lipinski definition) is 7. The Bertz CT molecular complexity index is 556. The summed E-state index contributed by atoms with van der Waals surface area (Å²) in [6.07, 6.45) is 2.17. The van der Waals surface area contributed by atoms with Crippen LogP contribution in [-0.2, 0) is 4.79 Å². The van der Waals surface area contributed by atoms with Crippen molar-refractivity contribution in [3.05, 3.63) is 33.9 Å². The summed E-state index contributed by atoms with van der Waals surface area (Å²) in [6, 6.07) is 4.50. The van der Waals surface area contributed by atoms with E-state index in [0.717, 1.165) is 6.07 Å². The lowest BCUT2D eigenvalue weighted by atomic mass is 10.1. The largest absolute Gasteiger partial charge is 0.548 e. The van der Waals surface area contributed by atoms with Crippen LogP contribution in [0, 0.1) is 21.4 Å². The molecular weight excluding hydrogens is 282 g/mol.